The molecular formula is C21H22F3N3O3S. The molecule has 0 radical (unpaired) electrons. The highest BCUT2D eigenvalue weighted by Crippen LogP contribution is 2.48. The minimum Gasteiger partial charge on any atom is -0.463 e. The van der Waals surface area contributed by atoms with Crippen molar-refractivity contribution in [1.82, 2.24) is 10.2 Å². The maximum atomic E-state index is 14.0. The van der Waals surface area contributed by atoms with E-state index in [0.29, 0.717) is 23.4 Å². The van der Waals surface area contributed by atoms with Crippen LogP contribution in [0.25, 0.3) is 0 Å². The number of allylic oxidation sites excluding steroid dienone is 1. The second kappa shape index (κ2) is 9.17. The van der Waals surface area contributed by atoms with Crippen molar-refractivity contribution in [1.29, 1.82) is 0 Å². The third-order valence-corrected chi connectivity index (χ3v) is 5.66. The lowest BCUT2D eigenvalue weighted by Gasteiger charge is -2.37. The van der Waals surface area contributed by atoms with Crippen molar-refractivity contribution in [2.75, 3.05) is 13.2 Å². The lowest BCUT2D eigenvalue weighted by atomic mass is 9.90. The molecule has 1 aromatic rings. The van der Waals surface area contributed by atoms with Gasteiger partial charge in [-0.3, -0.25) is 4.79 Å². The predicted octanol–water partition coefficient (Wildman–Crippen LogP) is 4.20. The summed E-state index contributed by atoms with van der Waals surface area (Å²) in [5.41, 5.74) is -0.191. The number of thioether (sulfide) groups is 1. The van der Waals surface area contributed by atoms with Crippen LogP contribution < -0.4 is 5.32 Å². The minimum atomic E-state index is -4.86. The smallest absolute Gasteiger partial charge is 0.434 e. The van der Waals surface area contributed by atoms with Crippen LogP contribution in [0.1, 0.15) is 37.4 Å². The van der Waals surface area contributed by atoms with E-state index in [0.717, 1.165) is 11.8 Å². The Balaban J connectivity index is 2.21. The van der Waals surface area contributed by atoms with Crippen molar-refractivity contribution in [3.05, 3.63) is 57.8 Å². The van der Waals surface area contributed by atoms with Crippen LogP contribution >= 0.6 is 11.8 Å². The molecule has 10 heteroatoms. The third kappa shape index (κ3) is 4.63. The summed E-state index contributed by atoms with van der Waals surface area (Å²) in [6.45, 7) is 5.40. The predicted molar refractivity (Wildman–Crippen MR) is 112 cm³/mol. The van der Waals surface area contributed by atoms with Gasteiger partial charge in [0, 0.05) is 12.2 Å². The van der Waals surface area contributed by atoms with Gasteiger partial charge in [0.25, 0.3) is 0 Å². The van der Waals surface area contributed by atoms with Crippen LogP contribution in [0.15, 0.2) is 51.6 Å². The molecule has 0 saturated carbocycles. The Bertz CT molecular complexity index is 986. The van der Waals surface area contributed by atoms with Crippen LogP contribution in [0, 0.1) is 6.92 Å². The van der Waals surface area contributed by atoms with Gasteiger partial charge in [0.2, 0.25) is 5.91 Å². The fourth-order valence-electron chi connectivity index (χ4n) is 3.50. The monoisotopic (exact) mass is 453 g/mol. The van der Waals surface area contributed by atoms with Crippen molar-refractivity contribution in [2.45, 2.75) is 39.4 Å². The van der Waals surface area contributed by atoms with Gasteiger partial charge in [-0.05, 0) is 37.3 Å². The molecule has 0 spiro atoms. The van der Waals surface area contributed by atoms with Gasteiger partial charge in [0.1, 0.15) is 0 Å². The molecule has 1 atom stereocenters. The molecule has 2 aliphatic heterocycles. The summed E-state index contributed by atoms with van der Waals surface area (Å²) in [4.78, 5) is 30.3. The van der Waals surface area contributed by atoms with Crippen LogP contribution in [0.2, 0.25) is 0 Å². The van der Waals surface area contributed by atoms with Crippen LogP contribution in [0.3, 0.4) is 0 Å². The Labute approximate surface area is 182 Å². The van der Waals surface area contributed by atoms with E-state index < -0.39 is 29.5 Å². The Hall–Kier alpha value is -2.75. The summed E-state index contributed by atoms with van der Waals surface area (Å²) in [6.07, 6.45) is -4.91. The largest absolute Gasteiger partial charge is 0.463 e. The van der Waals surface area contributed by atoms with Crippen molar-refractivity contribution in [3.8, 4) is 0 Å². The summed E-state index contributed by atoms with van der Waals surface area (Å²) in [6, 6.07) is 5.76. The first-order valence-electron chi connectivity index (χ1n) is 9.73. The van der Waals surface area contributed by atoms with Crippen LogP contribution in [0.4, 0.5) is 13.2 Å². The molecule has 0 aliphatic carbocycles. The summed E-state index contributed by atoms with van der Waals surface area (Å²) >= 11 is 0.993. The molecule has 6 nitrogen and oxygen atoms in total. The fraction of sp³-hybridized carbons (Fsp3) is 0.381. The number of carbonyl (C=O) groups excluding carboxylic acids is 2. The second-order valence-corrected chi connectivity index (χ2v) is 7.70. The van der Waals surface area contributed by atoms with E-state index in [1.165, 1.54) is 11.8 Å². The molecule has 0 aromatic heterocycles. The summed E-state index contributed by atoms with van der Waals surface area (Å²) in [5.74, 6) is -1.36. The summed E-state index contributed by atoms with van der Waals surface area (Å²) < 4.78 is 46.9. The second-order valence-electron chi connectivity index (χ2n) is 6.86. The van der Waals surface area contributed by atoms with Gasteiger partial charge < -0.3 is 15.0 Å². The average molecular weight is 453 g/mol. The topological polar surface area (TPSA) is 71.0 Å². The normalized spacial score (nSPS) is 18.4. The lowest BCUT2D eigenvalue weighted by Crippen LogP contribution is -2.40. The van der Waals surface area contributed by atoms with E-state index >= 15 is 0 Å². The third-order valence-electron chi connectivity index (χ3n) is 4.77. The molecule has 0 saturated heterocycles. The van der Waals surface area contributed by atoms with Crippen LogP contribution in [-0.4, -0.2) is 41.3 Å². The van der Waals surface area contributed by atoms with E-state index in [2.05, 4.69) is 10.3 Å². The lowest BCUT2D eigenvalue weighted by molar-refractivity contribution is -0.140. The molecule has 2 aliphatic rings. The number of aliphatic imine (C=N–C) groups is 1. The van der Waals surface area contributed by atoms with Crippen LogP contribution in [0.5, 0.6) is 0 Å². The molecule has 166 valence electrons. The highest BCUT2D eigenvalue weighted by atomic mass is 32.2. The maximum absolute atomic E-state index is 14.0. The van der Waals surface area contributed by atoms with Crippen molar-refractivity contribution < 1.29 is 27.5 Å². The number of halogens is 3. The average Bonchev–Trinajstić information content (AvgIpc) is 3.09. The number of amides is 1. The number of aryl methyl sites for hydroxylation is 1. The number of alkyl halides is 3. The summed E-state index contributed by atoms with van der Waals surface area (Å²) in [7, 11) is 0. The van der Waals surface area contributed by atoms with Gasteiger partial charge >= 0.3 is 12.1 Å². The molecular weight excluding hydrogens is 431 g/mol. The summed E-state index contributed by atoms with van der Waals surface area (Å²) in [5, 5.41) is 4.34. The number of ether oxygens (including phenoxy) is 1. The molecule has 3 rings (SSSR count). The highest BCUT2D eigenvalue weighted by Gasteiger charge is 2.49. The molecule has 0 bridgehead atoms. The van der Waals surface area contributed by atoms with Crippen molar-refractivity contribution in [2.24, 2.45) is 4.99 Å². The van der Waals surface area contributed by atoms with E-state index in [1.54, 1.807) is 43.5 Å². The van der Waals surface area contributed by atoms with Gasteiger partial charge in [0.05, 0.1) is 24.6 Å². The maximum Gasteiger partial charge on any atom is 0.434 e. The Morgan fingerprint density at radius 3 is 2.58 bits per heavy atom. The molecule has 1 N–H and O–H groups in total. The molecule has 1 aromatic carbocycles. The van der Waals surface area contributed by atoms with Crippen molar-refractivity contribution in [3.63, 3.8) is 0 Å². The molecule has 2 heterocycles. The van der Waals surface area contributed by atoms with Crippen molar-refractivity contribution >= 4 is 28.8 Å². The highest BCUT2D eigenvalue weighted by molar-refractivity contribution is 8.16. The standard InChI is InChI=1S/C21H22F3N3O3S/c1-4-25-15(28)10-13-11-31-20-26-18(21(22,23)24)16(19(29)30-5-2)17(27(13)20)14-9-7-6-8-12(14)3/h6-9,11,17H,4-5,10H2,1-3H3,(H,25,28). The Kier molecular flexibility index (Phi) is 6.78. The minimum absolute atomic E-state index is 0.0559. The number of benzene rings is 1. The quantitative estimate of drug-likeness (QED) is 0.654. The molecule has 31 heavy (non-hydrogen) atoms. The zero-order chi connectivity index (χ0) is 22.8. The van der Waals surface area contributed by atoms with E-state index in [-0.39, 0.29) is 24.1 Å². The number of fused-ring (bicyclic) bond motifs is 1. The van der Waals surface area contributed by atoms with Gasteiger partial charge in [-0.25, -0.2) is 9.79 Å². The van der Waals surface area contributed by atoms with E-state index in [4.69, 9.17) is 4.74 Å². The zero-order valence-electron chi connectivity index (χ0n) is 17.2. The number of nitrogens with one attached hydrogen (secondary N) is 1. The fourth-order valence-corrected chi connectivity index (χ4v) is 4.42. The SMILES string of the molecule is CCNC(=O)CC1=CSC2=NC(C(F)(F)F)=C(C(=O)OCC)C(c3ccccc3C)N12. The van der Waals surface area contributed by atoms with Crippen LogP contribution in [-0.2, 0) is 14.3 Å². The number of nitrogens with zero attached hydrogens (tertiary/aromatic N) is 2. The zero-order valence-corrected chi connectivity index (χ0v) is 18.1. The first kappa shape index (κ1) is 22.9. The number of carbonyl (C=O) groups is 2. The molecule has 1 unspecified atom stereocenters. The number of esters is 1. The van der Waals surface area contributed by atoms with Gasteiger partial charge in [0.15, 0.2) is 10.9 Å². The number of amidine groups is 1. The first-order valence-corrected chi connectivity index (χ1v) is 10.6. The first-order chi connectivity index (χ1) is 14.7. The number of hydrogen-bond acceptors (Lipinski definition) is 6. The van der Waals surface area contributed by atoms with Gasteiger partial charge in [-0.1, -0.05) is 36.0 Å². The number of rotatable bonds is 6. The van der Waals surface area contributed by atoms with E-state index in [9.17, 15) is 22.8 Å². The molecule has 0 fully saturated rings. The molecule has 1 amide bonds. The van der Waals surface area contributed by atoms with E-state index in [1.807, 2.05) is 0 Å². The Morgan fingerprint density at radius 2 is 1.97 bits per heavy atom. The van der Waals surface area contributed by atoms with Gasteiger partial charge in [-0.2, -0.15) is 13.2 Å². The Morgan fingerprint density at radius 1 is 1.26 bits per heavy atom. The number of hydrogen-bond donors (Lipinski definition) is 1. The van der Waals surface area contributed by atoms with Gasteiger partial charge in [-0.15, -0.1) is 0 Å².